The maximum absolute atomic E-state index is 12.5. The van der Waals surface area contributed by atoms with Crippen LogP contribution in [0, 0.1) is 5.92 Å². The molecule has 1 aliphatic rings. The second-order valence-electron chi connectivity index (χ2n) is 7.10. The molecule has 3 rings (SSSR count). The van der Waals surface area contributed by atoms with Crippen molar-refractivity contribution >= 4 is 22.5 Å². The van der Waals surface area contributed by atoms with Gasteiger partial charge in [0, 0.05) is 23.4 Å². The van der Waals surface area contributed by atoms with Gasteiger partial charge in [-0.2, -0.15) is 5.10 Å². The molecule has 0 spiro atoms. The molecular weight excluding hydrogens is 415 g/mol. The Morgan fingerprint density at radius 1 is 1.45 bits per heavy atom. The molecule has 0 bridgehead atoms. The minimum atomic E-state index is -4.76. The average Bonchev–Trinajstić information content (AvgIpc) is 3.09. The molecule has 1 aromatic carbocycles. The number of nitrogens with one attached hydrogen (secondary N) is 1. The number of rotatable bonds is 7. The Bertz CT molecular complexity index is 1060. The summed E-state index contributed by atoms with van der Waals surface area (Å²) < 4.78 is 43.2. The van der Waals surface area contributed by atoms with E-state index in [4.69, 9.17) is 0 Å². The highest BCUT2D eigenvalue weighted by Gasteiger charge is 2.34. The van der Waals surface area contributed by atoms with Gasteiger partial charge in [-0.3, -0.25) is 4.79 Å². The molecule has 1 amide bonds. The molecule has 2 unspecified atom stereocenters. The van der Waals surface area contributed by atoms with Gasteiger partial charge in [-0.15, -0.1) is 13.2 Å². The van der Waals surface area contributed by atoms with Crippen LogP contribution >= 0.6 is 0 Å². The highest BCUT2D eigenvalue weighted by Crippen LogP contribution is 2.36. The maximum atomic E-state index is 12.5. The van der Waals surface area contributed by atoms with E-state index in [1.54, 1.807) is 29.8 Å². The Kier molecular flexibility index (Phi) is 6.51. The topological polar surface area (TPSA) is 96.6 Å². The van der Waals surface area contributed by atoms with Crippen LogP contribution in [0.25, 0.3) is 16.6 Å². The predicted molar refractivity (Wildman–Crippen MR) is 107 cm³/mol. The van der Waals surface area contributed by atoms with Gasteiger partial charge in [0.25, 0.3) is 0 Å². The third-order valence-corrected chi connectivity index (χ3v) is 4.90. The fourth-order valence-corrected chi connectivity index (χ4v) is 3.53. The van der Waals surface area contributed by atoms with Gasteiger partial charge >= 0.3 is 6.36 Å². The molecule has 0 saturated heterocycles. The first-order valence-corrected chi connectivity index (χ1v) is 9.51. The summed E-state index contributed by atoms with van der Waals surface area (Å²) in [5.74, 6) is -0.965. The molecule has 0 saturated carbocycles. The van der Waals surface area contributed by atoms with E-state index in [0.29, 0.717) is 27.9 Å². The van der Waals surface area contributed by atoms with Gasteiger partial charge in [0.1, 0.15) is 11.9 Å². The summed E-state index contributed by atoms with van der Waals surface area (Å²) in [4.78, 5) is 11.6. The number of benzene rings is 1. The van der Waals surface area contributed by atoms with E-state index >= 15 is 0 Å². The molecule has 2 aromatic rings. The number of fused-ring (bicyclic) bond motifs is 1. The molecule has 0 fully saturated rings. The molecule has 31 heavy (non-hydrogen) atoms. The van der Waals surface area contributed by atoms with Crippen LogP contribution in [-0.2, 0) is 16.1 Å². The summed E-state index contributed by atoms with van der Waals surface area (Å²) in [6.45, 7) is 4.66. The lowest BCUT2D eigenvalue weighted by atomic mass is 9.97. The first-order chi connectivity index (χ1) is 14.6. The van der Waals surface area contributed by atoms with Gasteiger partial charge in [0.2, 0.25) is 5.91 Å². The lowest BCUT2D eigenvalue weighted by Gasteiger charge is -2.23. The monoisotopic (exact) mass is 437 g/mol. The largest absolute Gasteiger partial charge is 0.572 e. The van der Waals surface area contributed by atoms with Gasteiger partial charge < -0.3 is 20.3 Å². The van der Waals surface area contributed by atoms with E-state index in [2.05, 4.69) is 21.7 Å². The minimum absolute atomic E-state index is 0.0220. The number of aliphatic hydroxyl groups is 2. The molecule has 3 N–H and O–H groups in total. The van der Waals surface area contributed by atoms with E-state index in [1.807, 2.05) is 0 Å². The highest BCUT2D eigenvalue weighted by molar-refractivity contribution is 5.90. The number of amides is 1. The Labute approximate surface area is 176 Å². The number of allylic oxidation sites excluding steroid dienone is 4. The summed E-state index contributed by atoms with van der Waals surface area (Å²) in [7, 11) is 0. The third kappa shape index (κ3) is 4.97. The zero-order valence-electron chi connectivity index (χ0n) is 16.7. The van der Waals surface area contributed by atoms with Gasteiger partial charge in [-0.25, -0.2) is 4.68 Å². The number of nitrogens with zero attached hydrogens (tertiary/aromatic N) is 2. The summed E-state index contributed by atoms with van der Waals surface area (Å²) in [6, 6.07) is 5.07. The van der Waals surface area contributed by atoms with E-state index in [0.717, 1.165) is 6.08 Å². The van der Waals surface area contributed by atoms with Crippen molar-refractivity contribution < 1.29 is 32.9 Å². The number of carbonyl (C=O) groups is 1. The van der Waals surface area contributed by atoms with Crippen molar-refractivity contribution in [1.82, 2.24) is 15.1 Å². The van der Waals surface area contributed by atoms with Crippen LogP contribution in [-0.4, -0.2) is 38.9 Å². The van der Waals surface area contributed by atoms with Crippen LogP contribution in [0.3, 0.4) is 0 Å². The van der Waals surface area contributed by atoms with Crippen molar-refractivity contribution in [2.45, 2.75) is 32.4 Å². The summed E-state index contributed by atoms with van der Waals surface area (Å²) >= 11 is 0. The fourth-order valence-electron chi connectivity index (χ4n) is 3.53. The van der Waals surface area contributed by atoms with Crippen LogP contribution in [0.2, 0.25) is 0 Å². The molecule has 7 nitrogen and oxygen atoms in total. The summed E-state index contributed by atoms with van der Waals surface area (Å²) in [6.07, 6.45) is -2.04. The van der Waals surface area contributed by atoms with E-state index in [9.17, 15) is 28.2 Å². The van der Waals surface area contributed by atoms with Gasteiger partial charge in [-0.1, -0.05) is 25.6 Å². The van der Waals surface area contributed by atoms with Crippen LogP contribution in [0.4, 0.5) is 13.2 Å². The van der Waals surface area contributed by atoms with E-state index < -0.39 is 25.0 Å². The molecule has 2 atom stereocenters. The average molecular weight is 437 g/mol. The number of carbonyl (C=O) groups excluding carboxylic acids is 1. The predicted octanol–water partition coefficient (Wildman–Crippen LogP) is 3.17. The number of aromatic nitrogens is 2. The van der Waals surface area contributed by atoms with Gasteiger partial charge in [0.05, 0.1) is 24.4 Å². The van der Waals surface area contributed by atoms with Crippen LogP contribution < -0.4 is 5.32 Å². The molecule has 0 radical (unpaired) electrons. The summed E-state index contributed by atoms with van der Waals surface area (Å²) in [5, 5.41) is 27.4. The van der Waals surface area contributed by atoms with Gasteiger partial charge in [0.15, 0.2) is 0 Å². The summed E-state index contributed by atoms with van der Waals surface area (Å²) in [5.41, 5.74) is 2.06. The van der Waals surface area contributed by atoms with E-state index in [1.165, 1.54) is 12.2 Å². The number of hydrogen-bond acceptors (Lipinski definition) is 5. The second kappa shape index (κ2) is 8.94. The van der Waals surface area contributed by atoms with Crippen molar-refractivity contribution in [3.63, 3.8) is 0 Å². The first-order valence-electron chi connectivity index (χ1n) is 9.51. The molecule has 0 aliphatic heterocycles. The fraction of sp³-hybridized carbons (Fsp3) is 0.333. The Morgan fingerprint density at radius 3 is 2.81 bits per heavy atom. The normalized spacial score (nSPS) is 17.7. The van der Waals surface area contributed by atoms with Crippen molar-refractivity contribution in [1.29, 1.82) is 0 Å². The molecule has 166 valence electrons. The van der Waals surface area contributed by atoms with Crippen molar-refractivity contribution in [3.8, 4) is 0 Å². The first kappa shape index (κ1) is 22.6. The molecule has 1 aromatic heterocycles. The minimum Gasteiger partial charge on any atom is -0.410 e. The number of alkyl halides is 3. The van der Waals surface area contributed by atoms with Crippen molar-refractivity contribution in [2.75, 3.05) is 6.61 Å². The molecular formula is C21H22F3N3O4. The van der Waals surface area contributed by atoms with Crippen LogP contribution in [0.1, 0.15) is 30.7 Å². The zero-order chi connectivity index (χ0) is 22.8. The van der Waals surface area contributed by atoms with Gasteiger partial charge in [-0.05, 0) is 29.9 Å². The smallest absolute Gasteiger partial charge is 0.410 e. The number of aliphatic hydroxyl groups excluding tert-OH is 2. The van der Waals surface area contributed by atoms with E-state index in [-0.39, 0.29) is 24.6 Å². The Morgan fingerprint density at radius 2 is 2.19 bits per heavy atom. The second-order valence-corrected chi connectivity index (χ2v) is 7.10. The maximum Gasteiger partial charge on any atom is 0.572 e. The van der Waals surface area contributed by atoms with Crippen LogP contribution in [0.5, 0.6) is 0 Å². The number of hydrogen-bond donors (Lipinski definition) is 3. The Balaban J connectivity index is 2.10. The quantitative estimate of drug-likeness (QED) is 0.579. The van der Waals surface area contributed by atoms with Crippen LogP contribution in [0.15, 0.2) is 48.8 Å². The molecule has 10 heteroatoms. The zero-order valence-corrected chi connectivity index (χ0v) is 16.7. The molecule has 1 heterocycles. The number of halogens is 3. The van der Waals surface area contributed by atoms with Crippen molar-refractivity contribution in [2.24, 2.45) is 5.92 Å². The lowest BCUT2D eigenvalue weighted by molar-refractivity contribution is -0.306. The Hall–Kier alpha value is -3.11. The standard InChI is InChI=1S/C21H22F3N3O4/c1-3-19(30)25-10-15-20-14(18(29)11-28)5-4-6-17(20)27(26-15)16-8-7-13(9-12(16)2)31-21(22,23)24/h3-8,12,18,28-29H,1,9-11H2,2H3,(H,25,30). The lowest BCUT2D eigenvalue weighted by Crippen LogP contribution is -2.21. The number of ether oxygens (including phenoxy) is 1. The molecule has 1 aliphatic carbocycles. The SMILES string of the molecule is C=CC(=O)NCc1nn(C2=CC=C(OC(F)(F)F)CC2C)c2cccc(C(O)CO)c12. The van der Waals surface area contributed by atoms with Crippen molar-refractivity contribution in [3.05, 3.63) is 60.0 Å². The third-order valence-electron chi connectivity index (χ3n) is 4.90. The highest BCUT2D eigenvalue weighted by atomic mass is 19.4.